The highest BCUT2D eigenvalue weighted by Gasteiger charge is 2.14. The first kappa shape index (κ1) is 12.5. The van der Waals surface area contributed by atoms with Gasteiger partial charge in [0.1, 0.15) is 5.82 Å². The van der Waals surface area contributed by atoms with Crippen molar-refractivity contribution in [3.05, 3.63) is 16.0 Å². The standard InChI is InChI=1S/C10H13BrClN3S/c11-8-6-14-10(12)15-9(8)13-5-7-3-1-2-4-16-7/h6-7H,1-5H2,(H,13,14,15). The minimum absolute atomic E-state index is 0.280. The van der Waals surface area contributed by atoms with Crippen molar-refractivity contribution in [2.45, 2.75) is 24.5 Å². The van der Waals surface area contributed by atoms with Gasteiger partial charge >= 0.3 is 0 Å². The number of anilines is 1. The molecule has 0 bridgehead atoms. The number of thioether (sulfide) groups is 1. The van der Waals surface area contributed by atoms with E-state index < -0.39 is 0 Å². The van der Waals surface area contributed by atoms with Crippen LogP contribution < -0.4 is 5.32 Å². The van der Waals surface area contributed by atoms with Crippen LogP contribution in [-0.2, 0) is 0 Å². The Bertz CT molecular complexity index is 358. The third-order valence-corrected chi connectivity index (χ3v) is 4.65. The SMILES string of the molecule is Clc1ncc(Br)c(NCC2CCCCS2)n1. The van der Waals surface area contributed by atoms with Crippen molar-refractivity contribution >= 4 is 45.1 Å². The van der Waals surface area contributed by atoms with Crippen molar-refractivity contribution in [1.29, 1.82) is 0 Å². The van der Waals surface area contributed by atoms with Gasteiger partial charge in [0.25, 0.3) is 0 Å². The highest BCUT2D eigenvalue weighted by atomic mass is 79.9. The second-order valence-corrected chi connectivity index (χ2v) is 6.31. The predicted octanol–water partition coefficient (Wildman–Crippen LogP) is 3.59. The Morgan fingerprint density at radius 2 is 2.44 bits per heavy atom. The molecule has 2 rings (SSSR count). The Balaban J connectivity index is 1.90. The highest BCUT2D eigenvalue weighted by molar-refractivity contribution is 9.10. The minimum Gasteiger partial charge on any atom is -0.368 e. The molecule has 0 aliphatic carbocycles. The van der Waals surface area contributed by atoms with Crippen LogP contribution in [0.4, 0.5) is 5.82 Å². The van der Waals surface area contributed by atoms with E-state index in [-0.39, 0.29) is 5.28 Å². The average molecular weight is 323 g/mol. The Kier molecular flexibility index (Phi) is 4.73. The first-order valence-electron chi connectivity index (χ1n) is 5.29. The first-order chi connectivity index (χ1) is 7.75. The predicted molar refractivity (Wildman–Crippen MR) is 73.3 cm³/mol. The van der Waals surface area contributed by atoms with E-state index >= 15 is 0 Å². The van der Waals surface area contributed by atoms with Gasteiger partial charge in [0, 0.05) is 18.0 Å². The lowest BCUT2D eigenvalue weighted by Gasteiger charge is -2.21. The molecule has 0 amide bonds. The normalized spacial score (nSPS) is 20.8. The topological polar surface area (TPSA) is 37.8 Å². The maximum atomic E-state index is 5.75. The fourth-order valence-corrected chi connectivity index (χ4v) is 3.35. The number of halogens is 2. The van der Waals surface area contributed by atoms with E-state index in [2.05, 4.69) is 31.2 Å². The molecule has 6 heteroatoms. The molecule has 1 atom stereocenters. The molecule has 1 aromatic rings. The van der Waals surface area contributed by atoms with E-state index in [0.717, 1.165) is 16.8 Å². The summed E-state index contributed by atoms with van der Waals surface area (Å²) in [6.07, 6.45) is 5.65. The number of nitrogens with one attached hydrogen (secondary N) is 1. The zero-order valence-corrected chi connectivity index (χ0v) is 11.9. The van der Waals surface area contributed by atoms with Crippen LogP contribution >= 0.6 is 39.3 Å². The molecule has 0 saturated carbocycles. The molecular formula is C10H13BrClN3S. The van der Waals surface area contributed by atoms with Gasteiger partial charge in [0.15, 0.2) is 0 Å². The molecule has 0 aromatic carbocycles. The van der Waals surface area contributed by atoms with E-state index in [0.29, 0.717) is 5.25 Å². The lowest BCUT2D eigenvalue weighted by Crippen LogP contribution is -2.20. The number of hydrogen-bond donors (Lipinski definition) is 1. The summed E-state index contributed by atoms with van der Waals surface area (Å²) in [5, 5.41) is 4.29. The van der Waals surface area contributed by atoms with E-state index in [4.69, 9.17) is 11.6 Å². The molecule has 3 nitrogen and oxygen atoms in total. The smallest absolute Gasteiger partial charge is 0.224 e. The summed E-state index contributed by atoms with van der Waals surface area (Å²) in [5.74, 6) is 2.06. The van der Waals surface area contributed by atoms with Crippen LogP contribution in [0.25, 0.3) is 0 Å². The van der Waals surface area contributed by atoms with Crippen molar-refractivity contribution in [2.75, 3.05) is 17.6 Å². The molecule has 1 N–H and O–H groups in total. The van der Waals surface area contributed by atoms with Gasteiger partial charge in [-0.1, -0.05) is 6.42 Å². The van der Waals surface area contributed by atoms with Crippen molar-refractivity contribution in [2.24, 2.45) is 0 Å². The number of rotatable bonds is 3. The number of hydrogen-bond acceptors (Lipinski definition) is 4. The first-order valence-corrected chi connectivity index (χ1v) is 7.51. The zero-order valence-electron chi connectivity index (χ0n) is 8.75. The lowest BCUT2D eigenvalue weighted by molar-refractivity contribution is 0.677. The minimum atomic E-state index is 0.280. The highest BCUT2D eigenvalue weighted by Crippen LogP contribution is 2.26. The third kappa shape index (κ3) is 3.50. The molecule has 1 saturated heterocycles. The fourth-order valence-electron chi connectivity index (χ4n) is 1.65. The molecule has 0 spiro atoms. The Labute approximate surface area is 113 Å². The van der Waals surface area contributed by atoms with Crippen LogP contribution in [0.15, 0.2) is 10.7 Å². The molecule has 16 heavy (non-hydrogen) atoms. The Morgan fingerprint density at radius 1 is 1.56 bits per heavy atom. The molecule has 2 heterocycles. The summed E-state index contributed by atoms with van der Waals surface area (Å²) >= 11 is 11.2. The van der Waals surface area contributed by atoms with Crippen molar-refractivity contribution < 1.29 is 0 Å². The van der Waals surface area contributed by atoms with Gasteiger partial charge in [-0.3, -0.25) is 0 Å². The molecular weight excluding hydrogens is 310 g/mol. The summed E-state index contributed by atoms with van der Waals surface area (Å²) in [6.45, 7) is 0.941. The van der Waals surface area contributed by atoms with Crippen LogP contribution in [0.1, 0.15) is 19.3 Å². The van der Waals surface area contributed by atoms with Crippen molar-refractivity contribution in [3.8, 4) is 0 Å². The van der Waals surface area contributed by atoms with Gasteiger partial charge < -0.3 is 5.32 Å². The van der Waals surface area contributed by atoms with E-state index in [1.54, 1.807) is 6.20 Å². The van der Waals surface area contributed by atoms with Gasteiger partial charge in [-0.05, 0) is 46.1 Å². The van der Waals surface area contributed by atoms with E-state index in [1.807, 2.05) is 11.8 Å². The van der Waals surface area contributed by atoms with Crippen LogP contribution in [0.2, 0.25) is 5.28 Å². The van der Waals surface area contributed by atoms with Gasteiger partial charge in [-0.2, -0.15) is 16.7 Å². The molecule has 1 aliphatic rings. The number of nitrogens with zero attached hydrogens (tertiary/aromatic N) is 2. The van der Waals surface area contributed by atoms with Crippen LogP contribution in [0, 0.1) is 0 Å². The van der Waals surface area contributed by atoms with Crippen LogP contribution in [0.5, 0.6) is 0 Å². The zero-order chi connectivity index (χ0) is 11.4. The monoisotopic (exact) mass is 321 g/mol. The largest absolute Gasteiger partial charge is 0.368 e. The van der Waals surface area contributed by atoms with Crippen LogP contribution in [-0.4, -0.2) is 27.5 Å². The maximum absolute atomic E-state index is 5.75. The van der Waals surface area contributed by atoms with E-state index in [9.17, 15) is 0 Å². The average Bonchev–Trinajstić information content (AvgIpc) is 2.32. The van der Waals surface area contributed by atoms with Crippen molar-refractivity contribution in [3.63, 3.8) is 0 Å². The lowest BCUT2D eigenvalue weighted by atomic mass is 10.2. The summed E-state index contributed by atoms with van der Waals surface area (Å²) < 4.78 is 0.859. The Morgan fingerprint density at radius 3 is 3.19 bits per heavy atom. The quantitative estimate of drug-likeness (QED) is 0.863. The maximum Gasteiger partial charge on any atom is 0.224 e. The van der Waals surface area contributed by atoms with Gasteiger partial charge in [-0.15, -0.1) is 0 Å². The second kappa shape index (κ2) is 6.07. The Hall–Kier alpha value is -0.000000000000000111. The summed E-state index contributed by atoms with van der Waals surface area (Å²) in [5.41, 5.74) is 0. The third-order valence-electron chi connectivity index (χ3n) is 2.49. The van der Waals surface area contributed by atoms with Gasteiger partial charge in [0.2, 0.25) is 5.28 Å². The van der Waals surface area contributed by atoms with Gasteiger partial charge in [0.05, 0.1) is 4.47 Å². The summed E-state index contributed by atoms with van der Waals surface area (Å²) in [6, 6.07) is 0. The summed E-state index contributed by atoms with van der Waals surface area (Å²) in [4.78, 5) is 8.04. The summed E-state index contributed by atoms with van der Waals surface area (Å²) in [7, 11) is 0. The molecule has 88 valence electrons. The van der Waals surface area contributed by atoms with Crippen LogP contribution in [0.3, 0.4) is 0 Å². The molecule has 1 aliphatic heterocycles. The van der Waals surface area contributed by atoms with E-state index in [1.165, 1.54) is 25.0 Å². The molecule has 1 unspecified atom stereocenters. The molecule has 0 radical (unpaired) electrons. The van der Waals surface area contributed by atoms with Gasteiger partial charge in [-0.25, -0.2) is 4.98 Å². The second-order valence-electron chi connectivity index (χ2n) is 3.71. The fraction of sp³-hybridized carbons (Fsp3) is 0.600. The molecule has 1 aromatic heterocycles. The number of aromatic nitrogens is 2. The van der Waals surface area contributed by atoms with Crippen molar-refractivity contribution in [1.82, 2.24) is 9.97 Å². The molecule has 1 fully saturated rings.